The minimum atomic E-state index is -0.884. The number of guanidine groups is 1. The summed E-state index contributed by atoms with van der Waals surface area (Å²) in [6.45, 7) is 1.42. The van der Waals surface area contributed by atoms with Crippen molar-refractivity contribution in [3.8, 4) is 6.19 Å². The largest absolute Gasteiger partial charge is 0.384 e. The van der Waals surface area contributed by atoms with E-state index >= 15 is 0 Å². The van der Waals surface area contributed by atoms with Gasteiger partial charge in [0, 0.05) is 21.1 Å². The van der Waals surface area contributed by atoms with Gasteiger partial charge < -0.3 is 15.7 Å². The van der Waals surface area contributed by atoms with Gasteiger partial charge in [-0.25, -0.2) is 0 Å². The van der Waals surface area contributed by atoms with Crippen molar-refractivity contribution >= 4 is 11.9 Å². The van der Waals surface area contributed by atoms with E-state index in [1.54, 1.807) is 20.3 Å². The van der Waals surface area contributed by atoms with Crippen molar-refractivity contribution in [3.63, 3.8) is 0 Å². The summed E-state index contributed by atoms with van der Waals surface area (Å²) in [6, 6.07) is 0. The van der Waals surface area contributed by atoms with Crippen LogP contribution in [0, 0.1) is 11.5 Å². The molecule has 0 radical (unpaired) electrons. The second-order valence-electron chi connectivity index (χ2n) is 2.35. The topological polar surface area (TPSA) is 110 Å². The van der Waals surface area contributed by atoms with E-state index < -0.39 is 6.10 Å². The number of nitriles is 1. The number of carbonyl (C=O) groups is 1. The van der Waals surface area contributed by atoms with Gasteiger partial charge in [-0.05, 0) is 6.92 Å². The first-order valence-corrected chi connectivity index (χ1v) is 4.22. The molecule has 0 rings (SSSR count). The van der Waals surface area contributed by atoms with Crippen LogP contribution in [0.5, 0.6) is 0 Å². The molecule has 0 aliphatic rings. The van der Waals surface area contributed by atoms with E-state index in [1.807, 2.05) is 0 Å². The van der Waals surface area contributed by atoms with Crippen molar-refractivity contribution in [3.05, 3.63) is 0 Å². The smallest absolute Gasteiger partial charge is 0.248 e. The molecule has 0 aromatic carbocycles. The molecule has 0 aromatic rings. The zero-order valence-corrected chi connectivity index (χ0v) is 9.33. The van der Waals surface area contributed by atoms with Crippen LogP contribution >= 0.6 is 0 Å². The SMILES string of the molecule is C.C.C.CN=C(NC)NC#N.CNC(=O)C(C)O. The number of aliphatic hydroxyl groups excluding tert-OH is 1. The van der Waals surface area contributed by atoms with Gasteiger partial charge in [0.2, 0.25) is 11.9 Å². The molecule has 0 bridgehead atoms. The Morgan fingerprint density at radius 2 is 1.72 bits per heavy atom. The van der Waals surface area contributed by atoms with Crippen molar-refractivity contribution in [1.82, 2.24) is 16.0 Å². The minimum Gasteiger partial charge on any atom is -0.384 e. The molecule has 0 saturated heterocycles. The molecule has 1 unspecified atom stereocenters. The summed E-state index contributed by atoms with van der Waals surface area (Å²) >= 11 is 0. The number of aliphatic hydroxyl groups is 1. The molecule has 1 amide bonds. The molecule has 1 atom stereocenters. The van der Waals surface area contributed by atoms with Crippen LogP contribution in [-0.2, 0) is 4.79 Å². The van der Waals surface area contributed by atoms with E-state index in [9.17, 15) is 4.79 Å². The quantitative estimate of drug-likeness (QED) is 0.235. The first kappa shape index (κ1) is 29.8. The molecule has 0 spiro atoms. The summed E-state index contributed by atoms with van der Waals surface area (Å²) in [4.78, 5) is 13.8. The Kier molecular flexibility index (Phi) is 34.1. The highest BCUT2D eigenvalue weighted by molar-refractivity contribution is 5.80. The van der Waals surface area contributed by atoms with Crippen LogP contribution in [0.3, 0.4) is 0 Å². The van der Waals surface area contributed by atoms with Crippen molar-refractivity contribution in [2.45, 2.75) is 35.3 Å². The first-order valence-electron chi connectivity index (χ1n) is 4.22. The molecule has 0 aliphatic heterocycles. The highest BCUT2D eigenvalue weighted by Gasteiger charge is 2.02. The average Bonchev–Trinajstić information content (AvgIpc) is 2.25. The minimum absolute atomic E-state index is 0. The van der Waals surface area contributed by atoms with Crippen molar-refractivity contribution in [2.75, 3.05) is 21.1 Å². The summed E-state index contributed by atoms with van der Waals surface area (Å²) in [6.07, 6.45) is 0.842. The maximum atomic E-state index is 10.2. The van der Waals surface area contributed by atoms with Gasteiger partial charge in [0.1, 0.15) is 6.10 Å². The molecular formula is C11H29N5O2. The second kappa shape index (κ2) is 20.6. The van der Waals surface area contributed by atoms with E-state index in [2.05, 4.69) is 20.9 Å². The van der Waals surface area contributed by atoms with E-state index in [-0.39, 0.29) is 28.2 Å². The molecule has 0 aromatic heterocycles. The fraction of sp³-hybridized carbons (Fsp3) is 0.727. The van der Waals surface area contributed by atoms with Crippen LogP contribution in [0.2, 0.25) is 0 Å². The number of rotatable bonds is 1. The molecule has 0 fully saturated rings. The van der Waals surface area contributed by atoms with E-state index in [1.165, 1.54) is 14.0 Å². The fourth-order valence-corrected chi connectivity index (χ4v) is 0.492. The van der Waals surface area contributed by atoms with Gasteiger partial charge in [-0.15, -0.1) is 0 Å². The molecule has 7 nitrogen and oxygen atoms in total. The maximum absolute atomic E-state index is 10.2. The second-order valence-corrected chi connectivity index (χ2v) is 2.35. The molecular weight excluding hydrogens is 234 g/mol. The lowest BCUT2D eigenvalue weighted by atomic mass is 10.4. The van der Waals surface area contributed by atoms with Crippen molar-refractivity contribution in [2.24, 2.45) is 4.99 Å². The normalized spacial score (nSPS) is 9.44. The Labute approximate surface area is 111 Å². The van der Waals surface area contributed by atoms with Crippen LogP contribution in [-0.4, -0.2) is 44.2 Å². The Balaban J connectivity index is -0.0000000540. The van der Waals surface area contributed by atoms with Crippen molar-refractivity contribution < 1.29 is 9.90 Å². The van der Waals surface area contributed by atoms with Gasteiger partial charge in [-0.3, -0.25) is 15.1 Å². The molecule has 0 saturated carbocycles. The monoisotopic (exact) mass is 263 g/mol. The fourth-order valence-electron chi connectivity index (χ4n) is 0.492. The van der Waals surface area contributed by atoms with Gasteiger partial charge in [-0.2, -0.15) is 5.26 Å². The number of likely N-dealkylation sites (N-methyl/N-ethyl adjacent to an activating group) is 1. The summed E-state index contributed by atoms with van der Waals surface area (Å²) in [5.74, 6) is 0.132. The molecule has 7 heteroatoms. The van der Waals surface area contributed by atoms with Gasteiger partial charge in [-0.1, -0.05) is 22.3 Å². The predicted molar refractivity (Wildman–Crippen MR) is 77.1 cm³/mol. The molecule has 18 heavy (non-hydrogen) atoms. The van der Waals surface area contributed by atoms with Crippen LogP contribution in [0.15, 0.2) is 4.99 Å². The van der Waals surface area contributed by atoms with Crippen LogP contribution in [0.1, 0.15) is 29.2 Å². The first-order chi connectivity index (χ1) is 7.03. The van der Waals surface area contributed by atoms with E-state index in [0.717, 1.165) is 0 Å². The Hall–Kier alpha value is -1.81. The summed E-state index contributed by atoms with van der Waals surface area (Å²) in [5.41, 5.74) is 0. The zero-order chi connectivity index (χ0) is 12.3. The number of nitrogens with one attached hydrogen (secondary N) is 3. The number of nitrogens with zero attached hydrogens (tertiary/aromatic N) is 2. The highest BCUT2D eigenvalue weighted by Crippen LogP contribution is 1.74. The zero-order valence-electron chi connectivity index (χ0n) is 9.33. The van der Waals surface area contributed by atoms with Gasteiger partial charge in [0.15, 0.2) is 6.19 Å². The summed E-state index contributed by atoms with van der Waals surface area (Å²) < 4.78 is 0. The molecule has 0 aliphatic carbocycles. The van der Waals surface area contributed by atoms with Crippen LogP contribution < -0.4 is 16.0 Å². The summed E-state index contributed by atoms with van der Waals surface area (Å²) in [5, 5.41) is 23.7. The van der Waals surface area contributed by atoms with Gasteiger partial charge in [0.25, 0.3) is 0 Å². The van der Waals surface area contributed by atoms with E-state index in [4.69, 9.17) is 10.4 Å². The molecule has 0 heterocycles. The van der Waals surface area contributed by atoms with E-state index in [0.29, 0.717) is 5.96 Å². The van der Waals surface area contributed by atoms with Crippen LogP contribution in [0.4, 0.5) is 0 Å². The number of aliphatic imine (C=N–C) groups is 1. The lowest BCUT2D eigenvalue weighted by molar-refractivity contribution is -0.127. The third-order valence-electron chi connectivity index (χ3n) is 1.26. The van der Waals surface area contributed by atoms with Crippen LogP contribution in [0.25, 0.3) is 0 Å². The Morgan fingerprint density at radius 1 is 1.28 bits per heavy atom. The molecule has 110 valence electrons. The van der Waals surface area contributed by atoms with Crippen molar-refractivity contribution in [1.29, 1.82) is 5.26 Å². The lowest BCUT2D eigenvalue weighted by Gasteiger charge is -1.98. The van der Waals surface area contributed by atoms with Gasteiger partial charge >= 0.3 is 0 Å². The average molecular weight is 263 g/mol. The number of amides is 1. The number of hydrogen-bond donors (Lipinski definition) is 4. The maximum Gasteiger partial charge on any atom is 0.248 e. The number of hydrogen-bond acceptors (Lipinski definition) is 4. The number of carbonyl (C=O) groups excluding carboxylic acids is 1. The molecule has 4 N–H and O–H groups in total. The Morgan fingerprint density at radius 3 is 1.78 bits per heavy atom. The summed E-state index contributed by atoms with van der Waals surface area (Å²) in [7, 11) is 4.76. The standard InChI is InChI=1S/C4H8N4.C4H9NO2.3CH4/c1-6-4(7-2)8-3-5;1-3(6)4(7)5-2;;;/h1-2H3,(H2,6,7,8);3,6H,1-2H3,(H,5,7);3*1H4. The third-order valence-corrected chi connectivity index (χ3v) is 1.26. The highest BCUT2D eigenvalue weighted by atomic mass is 16.3. The predicted octanol–water partition coefficient (Wildman–Crippen LogP) is 0.284. The van der Waals surface area contributed by atoms with Gasteiger partial charge in [0.05, 0.1) is 0 Å². The Bertz CT molecular complexity index is 246. The lowest BCUT2D eigenvalue weighted by Crippen LogP contribution is -2.30. The third kappa shape index (κ3) is 19.7.